The van der Waals surface area contributed by atoms with Gasteiger partial charge in [-0.2, -0.15) is 4.31 Å². The molecule has 38 heavy (non-hydrogen) atoms. The molecular weight excluding hydrogens is 496 g/mol. The SMILES string of the molecule is O=S(=O)(c1ccc(Oc2ccccc2)cc1)N1CCN(c2ccc(-c3ccc4ccccc4c3)nn2)CC1. The van der Waals surface area contributed by atoms with Crippen LogP contribution in [0.4, 0.5) is 5.82 Å². The van der Waals surface area contributed by atoms with Crippen molar-refractivity contribution in [1.82, 2.24) is 14.5 Å². The van der Waals surface area contributed by atoms with Crippen molar-refractivity contribution in [3.05, 3.63) is 109 Å². The normalized spacial score (nSPS) is 14.5. The fourth-order valence-electron chi connectivity index (χ4n) is 4.61. The van der Waals surface area contributed by atoms with Gasteiger partial charge in [-0.05, 0) is 65.4 Å². The first-order valence-corrected chi connectivity index (χ1v) is 13.9. The molecule has 1 aliphatic heterocycles. The average Bonchev–Trinajstić information content (AvgIpc) is 2.98. The van der Waals surface area contributed by atoms with E-state index in [0.29, 0.717) is 37.7 Å². The van der Waals surface area contributed by atoms with E-state index in [2.05, 4.69) is 45.4 Å². The summed E-state index contributed by atoms with van der Waals surface area (Å²) in [5.41, 5.74) is 1.82. The number of fused-ring (bicyclic) bond motifs is 1. The van der Waals surface area contributed by atoms with Gasteiger partial charge in [-0.3, -0.25) is 0 Å². The zero-order valence-corrected chi connectivity index (χ0v) is 21.5. The molecule has 1 fully saturated rings. The fourth-order valence-corrected chi connectivity index (χ4v) is 6.03. The summed E-state index contributed by atoms with van der Waals surface area (Å²) in [5.74, 6) is 2.03. The summed E-state index contributed by atoms with van der Waals surface area (Å²) in [6.07, 6.45) is 0. The number of hydrogen-bond donors (Lipinski definition) is 0. The summed E-state index contributed by atoms with van der Waals surface area (Å²) < 4.78 is 33.8. The van der Waals surface area contributed by atoms with E-state index < -0.39 is 10.0 Å². The third-order valence-electron chi connectivity index (χ3n) is 6.70. The third kappa shape index (κ3) is 4.96. The van der Waals surface area contributed by atoms with Crippen LogP contribution in [0, 0.1) is 0 Å². The lowest BCUT2D eigenvalue weighted by Gasteiger charge is -2.34. The largest absolute Gasteiger partial charge is 0.457 e. The van der Waals surface area contributed by atoms with Crippen LogP contribution < -0.4 is 9.64 Å². The van der Waals surface area contributed by atoms with Gasteiger partial charge in [0.2, 0.25) is 10.0 Å². The molecule has 0 atom stereocenters. The smallest absolute Gasteiger partial charge is 0.243 e. The summed E-state index contributed by atoms with van der Waals surface area (Å²) in [6, 6.07) is 34.3. The number of ether oxygens (including phenoxy) is 1. The highest BCUT2D eigenvalue weighted by atomic mass is 32.2. The summed E-state index contributed by atoms with van der Waals surface area (Å²) in [6.45, 7) is 1.83. The van der Waals surface area contributed by atoms with Gasteiger partial charge in [0.25, 0.3) is 0 Å². The third-order valence-corrected chi connectivity index (χ3v) is 8.61. The van der Waals surface area contributed by atoms with Crippen LogP contribution in [0.15, 0.2) is 114 Å². The number of aromatic nitrogens is 2. The maximum absolute atomic E-state index is 13.2. The van der Waals surface area contributed by atoms with E-state index in [9.17, 15) is 8.42 Å². The molecule has 1 aliphatic rings. The van der Waals surface area contributed by atoms with Crippen LogP contribution in [0.1, 0.15) is 0 Å². The molecule has 8 heteroatoms. The number of hydrogen-bond acceptors (Lipinski definition) is 6. The summed E-state index contributed by atoms with van der Waals surface area (Å²) in [4.78, 5) is 2.32. The Balaban J connectivity index is 1.09. The van der Waals surface area contributed by atoms with Gasteiger partial charge < -0.3 is 9.64 Å². The molecule has 0 N–H and O–H groups in total. The first kappa shape index (κ1) is 24.1. The molecule has 6 rings (SSSR count). The molecule has 5 aromatic rings. The second-order valence-electron chi connectivity index (χ2n) is 9.12. The molecule has 2 heterocycles. The highest BCUT2D eigenvalue weighted by Crippen LogP contribution is 2.26. The van der Waals surface area contributed by atoms with E-state index >= 15 is 0 Å². The highest BCUT2D eigenvalue weighted by molar-refractivity contribution is 7.89. The molecule has 1 aromatic heterocycles. The zero-order chi connectivity index (χ0) is 26.0. The summed E-state index contributed by atoms with van der Waals surface area (Å²) >= 11 is 0. The van der Waals surface area contributed by atoms with Gasteiger partial charge in [0, 0.05) is 31.7 Å². The van der Waals surface area contributed by atoms with Gasteiger partial charge in [-0.15, -0.1) is 10.2 Å². The van der Waals surface area contributed by atoms with Crippen LogP contribution >= 0.6 is 0 Å². The summed E-state index contributed by atoms with van der Waals surface area (Å²) in [5, 5.41) is 11.2. The molecule has 190 valence electrons. The van der Waals surface area contributed by atoms with Crippen molar-refractivity contribution in [2.75, 3.05) is 31.1 Å². The topological polar surface area (TPSA) is 75.6 Å². The Hall–Kier alpha value is -4.27. The van der Waals surface area contributed by atoms with Crippen molar-refractivity contribution in [2.24, 2.45) is 0 Å². The van der Waals surface area contributed by atoms with E-state index in [1.807, 2.05) is 54.6 Å². The summed E-state index contributed by atoms with van der Waals surface area (Å²) in [7, 11) is -3.60. The predicted molar refractivity (Wildman–Crippen MR) is 149 cm³/mol. The van der Waals surface area contributed by atoms with Gasteiger partial charge in [-0.25, -0.2) is 8.42 Å². The molecule has 0 unspecified atom stereocenters. The molecule has 0 spiro atoms. The minimum absolute atomic E-state index is 0.255. The van der Waals surface area contributed by atoms with E-state index in [0.717, 1.165) is 22.5 Å². The number of rotatable bonds is 6. The van der Waals surface area contributed by atoms with Crippen LogP contribution in [-0.4, -0.2) is 49.1 Å². The molecule has 0 amide bonds. The van der Waals surface area contributed by atoms with Crippen molar-refractivity contribution in [3.63, 3.8) is 0 Å². The van der Waals surface area contributed by atoms with Crippen molar-refractivity contribution in [3.8, 4) is 22.8 Å². The Bertz CT molecular complexity index is 1650. The number of benzene rings is 4. The Morgan fingerprint density at radius 2 is 1.32 bits per heavy atom. The molecule has 1 saturated heterocycles. The monoisotopic (exact) mass is 522 g/mol. The molecular formula is C30H26N4O3S. The Labute approximate surface area is 222 Å². The predicted octanol–water partition coefficient (Wildman–Crippen LogP) is 5.60. The molecule has 7 nitrogen and oxygen atoms in total. The van der Waals surface area contributed by atoms with Gasteiger partial charge in [0.15, 0.2) is 5.82 Å². The second-order valence-corrected chi connectivity index (χ2v) is 11.1. The van der Waals surface area contributed by atoms with Crippen molar-refractivity contribution < 1.29 is 13.2 Å². The Morgan fingerprint density at radius 1 is 0.632 bits per heavy atom. The van der Waals surface area contributed by atoms with Gasteiger partial charge in [0.05, 0.1) is 10.6 Å². The minimum Gasteiger partial charge on any atom is -0.457 e. The van der Waals surface area contributed by atoms with Crippen LogP contribution in [0.2, 0.25) is 0 Å². The van der Waals surface area contributed by atoms with Gasteiger partial charge >= 0.3 is 0 Å². The Morgan fingerprint density at radius 3 is 2.03 bits per heavy atom. The Kier molecular flexibility index (Phi) is 6.49. The highest BCUT2D eigenvalue weighted by Gasteiger charge is 2.29. The average molecular weight is 523 g/mol. The van der Waals surface area contributed by atoms with Gasteiger partial charge in [-0.1, -0.05) is 54.6 Å². The molecule has 0 saturated carbocycles. The molecule has 0 radical (unpaired) electrons. The van der Waals surface area contributed by atoms with Crippen molar-refractivity contribution >= 4 is 26.6 Å². The fraction of sp³-hybridized carbons (Fsp3) is 0.133. The van der Waals surface area contributed by atoms with Crippen molar-refractivity contribution in [2.45, 2.75) is 4.90 Å². The van der Waals surface area contributed by atoms with Gasteiger partial charge in [0.1, 0.15) is 11.5 Å². The lowest BCUT2D eigenvalue weighted by molar-refractivity contribution is 0.383. The van der Waals surface area contributed by atoms with E-state index in [1.54, 1.807) is 24.3 Å². The number of anilines is 1. The zero-order valence-electron chi connectivity index (χ0n) is 20.6. The standard InChI is InChI=1S/C30H26N4O3S/c35-38(36,28-14-12-27(13-15-28)37-26-8-2-1-3-9-26)34-20-18-33(19-21-34)30-17-16-29(31-32-30)25-11-10-23-6-4-5-7-24(23)22-25/h1-17,22H,18-21H2. The maximum atomic E-state index is 13.2. The number of nitrogens with zero attached hydrogens (tertiary/aromatic N) is 4. The van der Waals surface area contributed by atoms with Crippen LogP contribution in [0.5, 0.6) is 11.5 Å². The molecule has 0 bridgehead atoms. The lowest BCUT2D eigenvalue weighted by atomic mass is 10.1. The van der Waals surface area contributed by atoms with Crippen LogP contribution in [0.25, 0.3) is 22.0 Å². The number of sulfonamides is 1. The quantitative estimate of drug-likeness (QED) is 0.289. The maximum Gasteiger partial charge on any atom is 0.243 e. The number of piperazine rings is 1. The van der Waals surface area contributed by atoms with Crippen molar-refractivity contribution in [1.29, 1.82) is 0 Å². The second kappa shape index (κ2) is 10.2. The van der Waals surface area contributed by atoms with E-state index in [-0.39, 0.29) is 4.90 Å². The van der Waals surface area contributed by atoms with Crippen LogP contribution in [0.3, 0.4) is 0 Å². The molecule has 4 aromatic carbocycles. The van der Waals surface area contributed by atoms with E-state index in [4.69, 9.17) is 4.74 Å². The first-order chi connectivity index (χ1) is 18.6. The minimum atomic E-state index is -3.60. The lowest BCUT2D eigenvalue weighted by Crippen LogP contribution is -2.48. The number of para-hydroxylation sites is 1. The molecule has 0 aliphatic carbocycles. The first-order valence-electron chi connectivity index (χ1n) is 12.5. The van der Waals surface area contributed by atoms with Crippen LogP contribution in [-0.2, 0) is 10.0 Å². The van der Waals surface area contributed by atoms with E-state index in [1.165, 1.54) is 9.69 Å².